The van der Waals surface area contributed by atoms with Gasteiger partial charge in [-0.15, -0.1) is 0 Å². The molecule has 2 aliphatic rings. The molecule has 0 saturated carbocycles. The van der Waals surface area contributed by atoms with Crippen LogP contribution in [0.25, 0.3) is 0 Å². The molecule has 2 aliphatic heterocycles. The second kappa shape index (κ2) is 8.41. The summed E-state index contributed by atoms with van der Waals surface area (Å²) in [5.74, 6) is 0.0920. The number of halogens is 2. The molecule has 0 N–H and O–H groups in total. The Bertz CT molecular complexity index is 1050. The summed E-state index contributed by atoms with van der Waals surface area (Å²) >= 11 is 6.00. The first-order chi connectivity index (χ1) is 14.4. The number of carbonyl (C=O) groups excluding carboxylic acids is 1. The molecule has 10 heteroatoms. The minimum atomic E-state index is -3.74. The third-order valence-corrected chi connectivity index (χ3v) is 7.38. The Morgan fingerprint density at radius 1 is 1.03 bits per heavy atom. The molecule has 0 aliphatic carbocycles. The van der Waals surface area contributed by atoms with Gasteiger partial charge in [0.25, 0.3) is 0 Å². The number of hydrogen-bond acceptors (Lipinski definition) is 5. The molecule has 160 valence electrons. The molecule has 2 aromatic carbocycles. The lowest BCUT2D eigenvalue weighted by Gasteiger charge is -2.34. The van der Waals surface area contributed by atoms with Crippen LogP contribution in [0.15, 0.2) is 41.3 Å². The van der Waals surface area contributed by atoms with Crippen LogP contribution >= 0.6 is 11.6 Å². The number of ether oxygens (including phenoxy) is 2. The zero-order valence-corrected chi connectivity index (χ0v) is 17.6. The predicted molar refractivity (Wildman–Crippen MR) is 108 cm³/mol. The summed E-state index contributed by atoms with van der Waals surface area (Å²) in [6, 6.07) is 8.80. The van der Waals surface area contributed by atoms with Gasteiger partial charge in [-0.25, -0.2) is 12.8 Å². The van der Waals surface area contributed by atoms with Crippen LogP contribution in [0.3, 0.4) is 0 Å². The highest BCUT2D eigenvalue weighted by molar-refractivity contribution is 7.89. The van der Waals surface area contributed by atoms with Crippen LogP contribution in [0.2, 0.25) is 5.02 Å². The van der Waals surface area contributed by atoms with Crippen molar-refractivity contribution in [3.05, 3.63) is 52.8 Å². The minimum Gasteiger partial charge on any atom is -0.486 e. The lowest BCUT2D eigenvalue weighted by molar-refractivity contribution is -0.131. The van der Waals surface area contributed by atoms with Crippen LogP contribution in [-0.2, 0) is 21.2 Å². The van der Waals surface area contributed by atoms with Crippen LogP contribution in [-0.4, -0.2) is 62.9 Å². The second-order valence-electron chi connectivity index (χ2n) is 6.97. The molecule has 0 unspecified atom stereocenters. The first-order valence-corrected chi connectivity index (χ1v) is 11.3. The van der Waals surface area contributed by atoms with Crippen molar-refractivity contribution < 1.29 is 27.1 Å². The van der Waals surface area contributed by atoms with Gasteiger partial charge in [0.05, 0.1) is 11.3 Å². The fraction of sp³-hybridized carbons (Fsp3) is 0.350. The van der Waals surface area contributed by atoms with E-state index in [-0.39, 0.29) is 54.0 Å². The van der Waals surface area contributed by atoms with Gasteiger partial charge in [-0.1, -0.05) is 17.7 Å². The van der Waals surface area contributed by atoms with Crippen molar-refractivity contribution in [3.63, 3.8) is 0 Å². The van der Waals surface area contributed by atoms with Crippen molar-refractivity contribution in [1.29, 1.82) is 0 Å². The number of piperazine rings is 1. The number of hydrogen-bond donors (Lipinski definition) is 0. The number of benzene rings is 2. The highest BCUT2D eigenvalue weighted by Crippen LogP contribution is 2.33. The maximum atomic E-state index is 13.9. The van der Waals surface area contributed by atoms with E-state index in [0.717, 1.165) is 0 Å². The van der Waals surface area contributed by atoms with Crippen LogP contribution in [0.5, 0.6) is 11.5 Å². The van der Waals surface area contributed by atoms with Crippen LogP contribution in [0, 0.1) is 5.82 Å². The topological polar surface area (TPSA) is 76.2 Å². The van der Waals surface area contributed by atoms with Crippen LogP contribution < -0.4 is 9.47 Å². The van der Waals surface area contributed by atoms with Gasteiger partial charge < -0.3 is 14.4 Å². The number of sulfonamides is 1. The van der Waals surface area contributed by atoms with Crippen molar-refractivity contribution in [2.45, 2.75) is 11.3 Å². The molecule has 30 heavy (non-hydrogen) atoms. The summed E-state index contributed by atoms with van der Waals surface area (Å²) in [6.45, 7) is 1.51. The van der Waals surface area contributed by atoms with Crippen molar-refractivity contribution in [3.8, 4) is 11.5 Å². The Morgan fingerprint density at radius 2 is 1.73 bits per heavy atom. The molecule has 1 amide bonds. The fourth-order valence-electron chi connectivity index (χ4n) is 3.48. The number of carbonyl (C=O) groups is 1. The Labute approximate surface area is 179 Å². The van der Waals surface area contributed by atoms with Gasteiger partial charge in [-0.3, -0.25) is 4.79 Å². The van der Waals surface area contributed by atoms with Gasteiger partial charge in [-0.05, 0) is 24.3 Å². The molecule has 2 aromatic rings. The molecular weight excluding hydrogens is 435 g/mol. The lowest BCUT2D eigenvalue weighted by atomic mass is 10.1. The van der Waals surface area contributed by atoms with Gasteiger partial charge in [-0.2, -0.15) is 4.31 Å². The molecule has 7 nitrogen and oxygen atoms in total. The standard InChI is InChI=1S/C20H20ClFN2O5S/c21-16-2-1-3-17(22)15(16)13-20(25)23-6-8-24(9-7-23)30(26,27)14-4-5-18-19(12-14)29-11-10-28-18/h1-5,12H,6-11,13H2. The lowest BCUT2D eigenvalue weighted by Crippen LogP contribution is -2.50. The number of fused-ring (bicyclic) bond motifs is 1. The molecule has 2 heterocycles. The SMILES string of the molecule is O=C(Cc1c(F)cccc1Cl)N1CCN(S(=O)(=O)c2ccc3c(c2)OCCO3)CC1. The zero-order chi connectivity index (χ0) is 21.3. The first kappa shape index (κ1) is 20.9. The molecule has 0 aromatic heterocycles. The Balaban J connectivity index is 1.42. The van der Waals surface area contributed by atoms with Crippen molar-refractivity contribution >= 4 is 27.5 Å². The normalized spacial score (nSPS) is 17.1. The molecule has 1 saturated heterocycles. The summed E-state index contributed by atoms with van der Waals surface area (Å²) in [4.78, 5) is 14.2. The summed E-state index contributed by atoms with van der Waals surface area (Å²) in [7, 11) is -3.74. The third-order valence-electron chi connectivity index (χ3n) is 5.13. The van der Waals surface area contributed by atoms with Crippen molar-refractivity contribution in [2.24, 2.45) is 0 Å². The molecule has 0 radical (unpaired) electrons. The molecule has 0 bridgehead atoms. The maximum absolute atomic E-state index is 13.9. The van der Waals surface area contributed by atoms with Gasteiger partial charge in [0.1, 0.15) is 19.0 Å². The van der Waals surface area contributed by atoms with Gasteiger partial charge in [0, 0.05) is 42.8 Å². The summed E-state index contributed by atoms with van der Waals surface area (Å²) < 4.78 is 52.1. The van der Waals surface area contributed by atoms with Gasteiger partial charge in [0.15, 0.2) is 11.5 Å². The third kappa shape index (κ3) is 4.10. The van der Waals surface area contributed by atoms with E-state index in [1.807, 2.05) is 0 Å². The van der Waals surface area contributed by atoms with Gasteiger partial charge in [0.2, 0.25) is 15.9 Å². The Morgan fingerprint density at radius 3 is 2.43 bits per heavy atom. The molecule has 0 atom stereocenters. The molecule has 1 fully saturated rings. The highest BCUT2D eigenvalue weighted by atomic mass is 35.5. The monoisotopic (exact) mass is 454 g/mol. The number of nitrogens with zero attached hydrogens (tertiary/aromatic N) is 2. The van der Waals surface area contributed by atoms with Crippen LogP contribution in [0.1, 0.15) is 5.56 Å². The average molecular weight is 455 g/mol. The summed E-state index contributed by atoms with van der Waals surface area (Å²) in [5, 5.41) is 0.197. The largest absolute Gasteiger partial charge is 0.486 e. The van der Waals surface area contributed by atoms with E-state index in [9.17, 15) is 17.6 Å². The Hall–Kier alpha value is -2.36. The van der Waals surface area contributed by atoms with E-state index in [1.54, 1.807) is 6.07 Å². The smallest absolute Gasteiger partial charge is 0.243 e. The highest BCUT2D eigenvalue weighted by Gasteiger charge is 2.31. The quantitative estimate of drug-likeness (QED) is 0.708. The van der Waals surface area contributed by atoms with E-state index in [1.165, 1.54) is 39.5 Å². The van der Waals surface area contributed by atoms with E-state index >= 15 is 0 Å². The zero-order valence-electron chi connectivity index (χ0n) is 16.0. The van der Waals surface area contributed by atoms with Crippen LogP contribution in [0.4, 0.5) is 4.39 Å². The van der Waals surface area contributed by atoms with Crippen molar-refractivity contribution in [2.75, 3.05) is 39.4 Å². The minimum absolute atomic E-state index is 0.115. The van der Waals surface area contributed by atoms with Gasteiger partial charge >= 0.3 is 0 Å². The molecule has 0 spiro atoms. The second-order valence-corrected chi connectivity index (χ2v) is 9.31. The van der Waals surface area contributed by atoms with E-state index in [0.29, 0.717) is 24.7 Å². The Kier molecular flexibility index (Phi) is 5.86. The van der Waals surface area contributed by atoms with E-state index < -0.39 is 15.8 Å². The first-order valence-electron chi connectivity index (χ1n) is 9.47. The van der Waals surface area contributed by atoms with Crippen molar-refractivity contribution in [1.82, 2.24) is 9.21 Å². The molecule has 4 rings (SSSR count). The number of rotatable bonds is 4. The predicted octanol–water partition coefficient (Wildman–Crippen LogP) is 2.33. The summed E-state index contributed by atoms with van der Waals surface area (Å²) in [6.07, 6.45) is -0.166. The van der Waals surface area contributed by atoms with E-state index in [4.69, 9.17) is 21.1 Å². The average Bonchev–Trinajstić information content (AvgIpc) is 2.76. The fourth-order valence-corrected chi connectivity index (χ4v) is 5.14. The maximum Gasteiger partial charge on any atom is 0.243 e. The summed E-state index contributed by atoms with van der Waals surface area (Å²) in [5.41, 5.74) is 0.149. The van der Waals surface area contributed by atoms with E-state index in [2.05, 4.69) is 0 Å². The number of amides is 1. The molecular formula is C20H20ClFN2O5S.